The van der Waals surface area contributed by atoms with Crippen molar-refractivity contribution in [1.82, 2.24) is 5.32 Å². The molecule has 7 nitrogen and oxygen atoms in total. The molecule has 1 saturated heterocycles. The second kappa shape index (κ2) is 12.9. The SMILES string of the molecule is CCS(=O)(=O)c1ccc(CNC(=O)c2ccc(N3CC(Oc4ccc(C(F)(F)F)cc4)C[C@H]3COCF)cc2)cc1. The fourth-order valence-corrected chi connectivity index (χ4v) is 5.48. The molecule has 2 atom stereocenters. The third-order valence-corrected chi connectivity index (χ3v) is 8.58. The molecule has 12 heteroatoms. The fraction of sp³-hybridized carbons (Fsp3) is 0.345. The van der Waals surface area contributed by atoms with Crippen molar-refractivity contribution in [3.63, 3.8) is 0 Å². The van der Waals surface area contributed by atoms with Gasteiger partial charge < -0.3 is 19.7 Å². The van der Waals surface area contributed by atoms with Crippen LogP contribution in [-0.4, -0.2) is 52.2 Å². The lowest BCUT2D eigenvalue weighted by Crippen LogP contribution is -2.33. The van der Waals surface area contributed by atoms with Crippen molar-refractivity contribution in [3.05, 3.63) is 89.5 Å². The number of benzene rings is 3. The number of nitrogens with one attached hydrogen (secondary N) is 1. The van der Waals surface area contributed by atoms with Gasteiger partial charge in [-0.25, -0.2) is 12.8 Å². The number of amides is 1. The molecule has 1 N–H and O–H groups in total. The van der Waals surface area contributed by atoms with E-state index in [1.165, 1.54) is 24.3 Å². The van der Waals surface area contributed by atoms with E-state index in [2.05, 4.69) is 5.32 Å². The van der Waals surface area contributed by atoms with E-state index in [1.807, 2.05) is 4.90 Å². The first-order valence-electron chi connectivity index (χ1n) is 12.9. The van der Waals surface area contributed by atoms with Crippen molar-refractivity contribution in [2.45, 2.75) is 43.1 Å². The third-order valence-electron chi connectivity index (χ3n) is 6.82. The topological polar surface area (TPSA) is 84.9 Å². The molecule has 0 aliphatic carbocycles. The number of halogens is 4. The fourth-order valence-electron chi connectivity index (χ4n) is 4.60. The maximum Gasteiger partial charge on any atom is 0.416 e. The van der Waals surface area contributed by atoms with Crippen molar-refractivity contribution in [3.8, 4) is 5.75 Å². The highest BCUT2D eigenvalue weighted by molar-refractivity contribution is 7.91. The Morgan fingerprint density at radius 3 is 2.24 bits per heavy atom. The van der Waals surface area contributed by atoms with Crippen molar-refractivity contribution >= 4 is 21.4 Å². The molecule has 1 unspecified atom stereocenters. The molecule has 3 aromatic carbocycles. The Labute approximate surface area is 236 Å². The van der Waals surface area contributed by atoms with Crippen LogP contribution in [0.3, 0.4) is 0 Å². The predicted molar refractivity (Wildman–Crippen MR) is 145 cm³/mol. The summed E-state index contributed by atoms with van der Waals surface area (Å²) in [5.74, 6) is -0.0137. The Morgan fingerprint density at radius 1 is 1.00 bits per heavy atom. The molecule has 0 bridgehead atoms. The lowest BCUT2D eigenvalue weighted by molar-refractivity contribution is -0.137. The summed E-state index contributed by atoms with van der Waals surface area (Å²) in [6, 6.07) is 17.4. The first-order chi connectivity index (χ1) is 19.5. The second-order valence-corrected chi connectivity index (χ2v) is 11.8. The van der Waals surface area contributed by atoms with Crippen LogP contribution >= 0.6 is 0 Å². The van der Waals surface area contributed by atoms with Gasteiger partial charge in [0.1, 0.15) is 11.9 Å². The molecular formula is C29H30F4N2O5S. The molecule has 41 heavy (non-hydrogen) atoms. The van der Waals surface area contributed by atoms with Crippen molar-refractivity contribution in [1.29, 1.82) is 0 Å². The number of carbonyl (C=O) groups excluding carboxylic acids is 1. The summed E-state index contributed by atoms with van der Waals surface area (Å²) in [5, 5.41) is 2.81. The van der Waals surface area contributed by atoms with E-state index >= 15 is 0 Å². The van der Waals surface area contributed by atoms with E-state index < -0.39 is 28.4 Å². The Kier molecular flexibility index (Phi) is 9.54. The molecule has 1 amide bonds. The van der Waals surface area contributed by atoms with Crippen LogP contribution in [-0.2, 0) is 27.3 Å². The van der Waals surface area contributed by atoms with Gasteiger partial charge in [-0.15, -0.1) is 0 Å². The number of rotatable bonds is 11. The predicted octanol–water partition coefficient (Wildman–Crippen LogP) is 5.40. The van der Waals surface area contributed by atoms with Crippen LogP contribution < -0.4 is 15.0 Å². The summed E-state index contributed by atoms with van der Waals surface area (Å²) in [6.07, 6.45) is -4.35. The number of ether oxygens (including phenoxy) is 2. The second-order valence-electron chi connectivity index (χ2n) is 9.56. The summed E-state index contributed by atoms with van der Waals surface area (Å²) >= 11 is 0. The maximum atomic E-state index is 12.9. The zero-order valence-corrected chi connectivity index (χ0v) is 23.1. The summed E-state index contributed by atoms with van der Waals surface area (Å²) in [4.78, 5) is 14.9. The molecule has 3 aromatic rings. The van der Waals surface area contributed by atoms with E-state index in [9.17, 15) is 30.8 Å². The Balaban J connectivity index is 1.38. The first-order valence-corrected chi connectivity index (χ1v) is 14.6. The smallest absolute Gasteiger partial charge is 0.416 e. The molecule has 0 radical (unpaired) electrons. The monoisotopic (exact) mass is 594 g/mol. The Morgan fingerprint density at radius 2 is 1.66 bits per heavy atom. The van der Waals surface area contributed by atoms with Gasteiger partial charge in [0, 0.05) is 24.2 Å². The molecule has 1 heterocycles. The Hall–Kier alpha value is -3.64. The van der Waals surface area contributed by atoms with Gasteiger partial charge in [-0.05, 0) is 66.2 Å². The van der Waals surface area contributed by atoms with Gasteiger partial charge in [-0.2, -0.15) is 13.2 Å². The van der Waals surface area contributed by atoms with Gasteiger partial charge in [0.2, 0.25) is 0 Å². The minimum absolute atomic E-state index is 0.00691. The number of alkyl halides is 4. The average molecular weight is 595 g/mol. The van der Waals surface area contributed by atoms with Gasteiger partial charge >= 0.3 is 6.18 Å². The van der Waals surface area contributed by atoms with Crippen LogP contribution in [0.15, 0.2) is 77.7 Å². The van der Waals surface area contributed by atoms with Gasteiger partial charge in [0.15, 0.2) is 16.7 Å². The van der Waals surface area contributed by atoms with E-state index in [-0.39, 0.29) is 41.9 Å². The quantitative estimate of drug-likeness (QED) is 0.300. The normalized spacial score (nSPS) is 17.4. The van der Waals surface area contributed by atoms with Gasteiger partial charge in [0.25, 0.3) is 5.91 Å². The summed E-state index contributed by atoms with van der Waals surface area (Å²) in [6.45, 7) is 1.31. The van der Waals surface area contributed by atoms with Crippen molar-refractivity contribution in [2.75, 3.05) is 30.7 Å². The lowest BCUT2D eigenvalue weighted by Gasteiger charge is -2.26. The minimum Gasteiger partial charge on any atom is -0.489 e. The maximum absolute atomic E-state index is 12.9. The number of hydrogen-bond donors (Lipinski definition) is 1. The summed E-state index contributed by atoms with van der Waals surface area (Å²) in [5.41, 5.74) is 1.14. The van der Waals surface area contributed by atoms with E-state index in [1.54, 1.807) is 43.3 Å². The van der Waals surface area contributed by atoms with Crippen LogP contribution in [0.1, 0.15) is 34.8 Å². The van der Waals surface area contributed by atoms with Gasteiger partial charge in [-0.3, -0.25) is 4.79 Å². The average Bonchev–Trinajstić information content (AvgIpc) is 3.37. The number of sulfone groups is 1. The van der Waals surface area contributed by atoms with Gasteiger partial charge in [-0.1, -0.05) is 19.1 Å². The van der Waals surface area contributed by atoms with Crippen LogP contribution in [0.5, 0.6) is 5.75 Å². The Bertz CT molecular complexity index is 1410. The van der Waals surface area contributed by atoms with Gasteiger partial charge in [0.05, 0.1) is 35.4 Å². The van der Waals surface area contributed by atoms with E-state index in [0.717, 1.165) is 23.4 Å². The highest BCUT2D eigenvalue weighted by Gasteiger charge is 2.34. The lowest BCUT2D eigenvalue weighted by atomic mass is 10.1. The highest BCUT2D eigenvalue weighted by atomic mass is 32.2. The van der Waals surface area contributed by atoms with Crippen LogP contribution in [0, 0.1) is 0 Å². The molecule has 1 fully saturated rings. The zero-order valence-electron chi connectivity index (χ0n) is 22.2. The molecular weight excluding hydrogens is 564 g/mol. The summed E-state index contributed by atoms with van der Waals surface area (Å²) in [7, 11) is -3.30. The van der Waals surface area contributed by atoms with Crippen LogP contribution in [0.2, 0.25) is 0 Å². The number of anilines is 1. The third kappa shape index (κ3) is 7.76. The largest absolute Gasteiger partial charge is 0.489 e. The molecule has 0 aromatic heterocycles. The zero-order chi connectivity index (χ0) is 29.6. The van der Waals surface area contributed by atoms with E-state index in [4.69, 9.17) is 9.47 Å². The molecule has 0 saturated carbocycles. The minimum atomic E-state index is -4.44. The number of nitrogens with zero attached hydrogens (tertiary/aromatic N) is 1. The molecule has 4 rings (SSSR count). The number of carbonyl (C=O) groups is 1. The highest BCUT2D eigenvalue weighted by Crippen LogP contribution is 2.32. The number of hydrogen-bond acceptors (Lipinski definition) is 6. The standard InChI is InChI=1S/C29H30F4N2O5S/c1-2-41(37,38)27-13-3-20(4-14-27)16-34-28(36)21-5-9-23(10-6-21)35-17-26(15-24(35)18-39-19-30)40-25-11-7-22(8-12-25)29(31,32)33/h3-14,24,26H,2,15-19H2,1H3,(H,34,36)/t24-,26?/m0/s1. The molecule has 1 aliphatic rings. The summed E-state index contributed by atoms with van der Waals surface area (Å²) < 4.78 is 86.2. The first kappa shape index (κ1) is 30.3. The van der Waals surface area contributed by atoms with E-state index in [0.29, 0.717) is 24.3 Å². The van der Waals surface area contributed by atoms with Crippen LogP contribution in [0.25, 0.3) is 0 Å². The van der Waals surface area contributed by atoms with Crippen LogP contribution in [0.4, 0.5) is 23.2 Å². The van der Waals surface area contributed by atoms with Crippen molar-refractivity contribution < 1.29 is 40.2 Å². The van der Waals surface area contributed by atoms with Crippen molar-refractivity contribution in [2.24, 2.45) is 0 Å². The molecule has 1 aliphatic heterocycles. The molecule has 0 spiro atoms. The molecule has 220 valence electrons.